The van der Waals surface area contributed by atoms with Crippen LogP contribution in [0.15, 0.2) is 35.5 Å². The summed E-state index contributed by atoms with van der Waals surface area (Å²) in [5, 5.41) is 3.73. The van der Waals surface area contributed by atoms with Crippen LogP contribution in [-0.4, -0.2) is 49.3 Å². The maximum Gasteiger partial charge on any atom is 0.337 e. The number of methoxy groups -OCH3 is 1. The third kappa shape index (κ3) is 4.40. The van der Waals surface area contributed by atoms with E-state index in [1.807, 2.05) is 11.8 Å². The zero-order valence-corrected chi connectivity index (χ0v) is 16.6. The maximum atomic E-state index is 13.7. The van der Waals surface area contributed by atoms with E-state index in [-0.39, 0.29) is 5.82 Å². The molecule has 2 rings (SSSR count). The van der Waals surface area contributed by atoms with E-state index in [9.17, 15) is 9.18 Å². The van der Waals surface area contributed by atoms with Gasteiger partial charge in [-0.3, -0.25) is 0 Å². The van der Waals surface area contributed by atoms with Gasteiger partial charge in [-0.15, -0.1) is 0 Å². The van der Waals surface area contributed by atoms with Crippen molar-refractivity contribution in [3.8, 4) is 0 Å². The van der Waals surface area contributed by atoms with Crippen LogP contribution in [0.3, 0.4) is 0 Å². The van der Waals surface area contributed by atoms with E-state index in [1.165, 1.54) is 24.1 Å². The highest BCUT2D eigenvalue weighted by molar-refractivity contribution is 7.80. The molecule has 0 radical (unpaired) electrons. The van der Waals surface area contributed by atoms with Crippen LogP contribution in [0.5, 0.6) is 0 Å². The average molecular weight is 381 g/mol. The predicted octanol–water partition coefficient (Wildman–Crippen LogP) is 1.43. The Bertz CT molecular complexity index is 704. The standard InChI is InChI=1S/C19H26FN3O2S/c1-5-22(6-2)10-11-23-13(3)16(18(24)25-4)17(21-19(23)26)14-8-7-9-15(20)12-14/h7-9,12,17H,5-6,10-11H2,1-4H3,(H,21,26)/p+1/t17-/m1/s1. The minimum absolute atomic E-state index is 0.357. The molecule has 142 valence electrons. The highest BCUT2D eigenvalue weighted by Crippen LogP contribution is 2.31. The first kappa shape index (κ1) is 20.3. The summed E-state index contributed by atoms with van der Waals surface area (Å²) in [7, 11) is 1.35. The number of likely N-dealkylation sites (N-methyl/N-ethyl adjacent to an activating group) is 1. The summed E-state index contributed by atoms with van der Waals surface area (Å²) in [6, 6.07) is 5.65. The number of benzene rings is 1. The number of thiocarbonyl (C=S) groups is 1. The average Bonchev–Trinajstić information content (AvgIpc) is 2.63. The summed E-state index contributed by atoms with van der Waals surface area (Å²) < 4.78 is 18.7. The molecule has 1 aliphatic heterocycles. The third-order valence-electron chi connectivity index (χ3n) is 4.87. The quantitative estimate of drug-likeness (QED) is 0.554. The monoisotopic (exact) mass is 380 g/mol. The molecule has 0 unspecified atom stereocenters. The van der Waals surface area contributed by atoms with Gasteiger partial charge in [-0.1, -0.05) is 12.1 Å². The number of hydrogen-bond donors (Lipinski definition) is 2. The summed E-state index contributed by atoms with van der Waals surface area (Å²) >= 11 is 5.54. The molecule has 2 N–H and O–H groups in total. The van der Waals surface area contributed by atoms with Gasteiger partial charge in [0.25, 0.3) is 0 Å². The van der Waals surface area contributed by atoms with Crippen molar-refractivity contribution in [2.45, 2.75) is 26.8 Å². The zero-order valence-electron chi connectivity index (χ0n) is 15.8. The third-order valence-corrected chi connectivity index (χ3v) is 5.21. The molecule has 0 aliphatic carbocycles. The Labute approximate surface area is 159 Å². The molecule has 1 aromatic rings. The molecule has 7 heteroatoms. The lowest BCUT2D eigenvalue weighted by Crippen LogP contribution is -3.12. The van der Waals surface area contributed by atoms with Crippen molar-refractivity contribution in [1.29, 1.82) is 0 Å². The van der Waals surface area contributed by atoms with Gasteiger partial charge in [0, 0.05) is 5.70 Å². The van der Waals surface area contributed by atoms with Crippen LogP contribution in [0.1, 0.15) is 32.4 Å². The van der Waals surface area contributed by atoms with Gasteiger partial charge in [0.2, 0.25) is 0 Å². The molecule has 1 atom stereocenters. The van der Waals surface area contributed by atoms with Crippen molar-refractivity contribution in [1.82, 2.24) is 10.2 Å². The molecule has 1 heterocycles. The molecule has 0 bridgehead atoms. The smallest absolute Gasteiger partial charge is 0.337 e. The first-order chi connectivity index (χ1) is 12.4. The number of hydrogen-bond acceptors (Lipinski definition) is 3. The molecular weight excluding hydrogens is 353 g/mol. The highest BCUT2D eigenvalue weighted by Gasteiger charge is 2.34. The lowest BCUT2D eigenvalue weighted by molar-refractivity contribution is -0.895. The number of nitrogens with zero attached hydrogens (tertiary/aromatic N) is 1. The molecule has 0 aromatic heterocycles. The van der Waals surface area contributed by atoms with Crippen LogP contribution in [0.2, 0.25) is 0 Å². The van der Waals surface area contributed by atoms with E-state index in [2.05, 4.69) is 19.2 Å². The highest BCUT2D eigenvalue weighted by atomic mass is 32.1. The van der Waals surface area contributed by atoms with E-state index in [4.69, 9.17) is 17.0 Å². The molecule has 0 amide bonds. The van der Waals surface area contributed by atoms with Gasteiger partial charge in [0.05, 0.1) is 44.9 Å². The predicted molar refractivity (Wildman–Crippen MR) is 103 cm³/mol. The largest absolute Gasteiger partial charge is 0.466 e. The van der Waals surface area contributed by atoms with Crippen LogP contribution in [0.4, 0.5) is 4.39 Å². The van der Waals surface area contributed by atoms with E-state index < -0.39 is 12.0 Å². The Balaban J connectivity index is 2.38. The lowest BCUT2D eigenvalue weighted by Gasteiger charge is -2.37. The van der Waals surface area contributed by atoms with Crippen LogP contribution in [-0.2, 0) is 9.53 Å². The second-order valence-corrected chi connectivity index (χ2v) is 6.67. The fraction of sp³-hybridized carbons (Fsp3) is 0.474. The normalized spacial score (nSPS) is 17.5. The number of allylic oxidation sites excluding steroid dienone is 1. The minimum atomic E-state index is -0.525. The van der Waals surface area contributed by atoms with E-state index in [0.29, 0.717) is 22.8 Å². The molecule has 1 aliphatic rings. The number of carbonyl (C=O) groups excluding carboxylic acids is 1. The number of nitrogens with one attached hydrogen (secondary N) is 2. The van der Waals surface area contributed by atoms with Gasteiger partial charge < -0.3 is 19.9 Å². The Morgan fingerprint density at radius 2 is 2.08 bits per heavy atom. The Morgan fingerprint density at radius 3 is 2.65 bits per heavy atom. The SMILES string of the molecule is CC[NH+](CC)CCN1C(=S)N[C@H](c2cccc(F)c2)C(C(=O)OC)=C1C. The van der Waals surface area contributed by atoms with Crippen molar-refractivity contribution < 1.29 is 18.8 Å². The molecule has 26 heavy (non-hydrogen) atoms. The fourth-order valence-corrected chi connectivity index (χ4v) is 3.58. The van der Waals surface area contributed by atoms with E-state index in [1.54, 1.807) is 12.1 Å². The van der Waals surface area contributed by atoms with E-state index >= 15 is 0 Å². The molecule has 1 aromatic carbocycles. The number of esters is 1. The van der Waals surface area contributed by atoms with Crippen molar-refractivity contribution >= 4 is 23.3 Å². The summed E-state index contributed by atoms with van der Waals surface area (Å²) in [6.07, 6.45) is 0. The summed E-state index contributed by atoms with van der Waals surface area (Å²) in [5.74, 6) is -0.795. The molecule has 0 saturated carbocycles. The number of halogens is 1. The number of carbonyl (C=O) groups is 1. The van der Waals surface area contributed by atoms with E-state index in [0.717, 1.165) is 25.3 Å². The first-order valence-corrected chi connectivity index (χ1v) is 9.29. The van der Waals surface area contributed by atoms with Crippen LogP contribution >= 0.6 is 12.2 Å². The van der Waals surface area contributed by atoms with Gasteiger partial charge in [0.1, 0.15) is 5.82 Å². The Morgan fingerprint density at radius 1 is 1.38 bits per heavy atom. The first-order valence-electron chi connectivity index (χ1n) is 8.89. The van der Waals surface area contributed by atoms with Crippen LogP contribution < -0.4 is 10.2 Å². The number of ether oxygens (including phenoxy) is 1. The lowest BCUT2D eigenvalue weighted by atomic mass is 9.95. The van der Waals surface area contributed by atoms with Gasteiger partial charge in [0.15, 0.2) is 5.11 Å². The van der Waals surface area contributed by atoms with Crippen molar-refractivity contribution in [2.75, 3.05) is 33.3 Å². The van der Waals surface area contributed by atoms with Gasteiger partial charge in [-0.2, -0.15) is 0 Å². The fourth-order valence-electron chi connectivity index (χ4n) is 3.23. The molecule has 0 spiro atoms. The van der Waals surface area contributed by atoms with Gasteiger partial charge in [-0.05, 0) is 50.7 Å². The van der Waals surface area contributed by atoms with Gasteiger partial charge >= 0.3 is 5.97 Å². The summed E-state index contributed by atoms with van der Waals surface area (Å²) in [6.45, 7) is 9.83. The molecule has 0 fully saturated rings. The van der Waals surface area contributed by atoms with Crippen molar-refractivity contribution in [3.05, 3.63) is 46.9 Å². The minimum Gasteiger partial charge on any atom is -0.466 e. The van der Waals surface area contributed by atoms with Crippen molar-refractivity contribution in [2.24, 2.45) is 0 Å². The zero-order chi connectivity index (χ0) is 19.3. The second-order valence-electron chi connectivity index (χ2n) is 6.29. The second kappa shape index (κ2) is 9.09. The summed E-state index contributed by atoms with van der Waals surface area (Å²) in [4.78, 5) is 15.8. The van der Waals surface area contributed by atoms with Crippen LogP contribution in [0.25, 0.3) is 0 Å². The molecular formula is C19H27FN3O2S+. The van der Waals surface area contributed by atoms with Crippen LogP contribution in [0, 0.1) is 5.82 Å². The number of quaternary nitrogens is 1. The Hall–Kier alpha value is -1.99. The number of rotatable bonds is 7. The summed E-state index contributed by atoms with van der Waals surface area (Å²) in [5.41, 5.74) is 1.85. The van der Waals surface area contributed by atoms with Gasteiger partial charge in [-0.25, -0.2) is 9.18 Å². The molecule has 0 saturated heterocycles. The Kier molecular flexibility index (Phi) is 7.11. The topological polar surface area (TPSA) is 46.0 Å². The van der Waals surface area contributed by atoms with Crippen molar-refractivity contribution in [3.63, 3.8) is 0 Å². The molecule has 5 nitrogen and oxygen atoms in total. The maximum absolute atomic E-state index is 13.7.